The molecule has 0 aliphatic carbocycles. The van der Waals surface area contributed by atoms with Crippen LogP contribution < -0.4 is 5.73 Å². The highest BCUT2D eigenvalue weighted by Crippen LogP contribution is 2.21. The van der Waals surface area contributed by atoms with Gasteiger partial charge in [-0.15, -0.1) is 0 Å². The zero-order valence-electron chi connectivity index (χ0n) is 11.0. The van der Waals surface area contributed by atoms with E-state index in [4.69, 9.17) is 5.73 Å². The minimum absolute atomic E-state index is 0.812. The lowest BCUT2D eigenvalue weighted by Gasteiger charge is -2.34. The lowest BCUT2D eigenvalue weighted by Crippen LogP contribution is -2.45. The van der Waals surface area contributed by atoms with Crippen molar-refractivity contribution in [2.24, 2.45) is 0 Å². The summed E-state index contributed by atoms with van der Waals surface area (Å²) in [7, 11) is 0. The number of nitrogens with zero attached hydrogens (tertiary/aromatic N) is 2. The summed E-state index contributed by atoms with van der Waals surface area (Å²) < 4.78 is 1.00. The Morgan fingerprint density at radius 1 is 1.17 bits per heavy atom. The zero-order chi connectivity index (χ0) is 13.0. The Morgan fingerprint density at radius 3 is 2.44 bits per heavy atom. The van der Waals surface area contributed by atoms with E-state index in [0.717, 1.165) is 16.7 Å². The van der Waals surface area contributed by atoms with E-state index in [-0.39, 0.29) is 0 Å². The first kappa shape index (κ1) is 13.8. The average Bonchev–Trinajstić information content (AvgIpc) is 2.37. The molecule has 4 heteroatoms. The predicted octanol–water partition coefficient (Wildman–Crippen LogP) is 2.56. The van der Waals surface area contributed by atoms with Gasteiger partial charge in [-0.1, -0.05) is 13.0 Å². The van der Waals surface area contributed by atoms with Gasteiger partial charge in [0, 0.05) is 42.9 Å². The van der Waals surface area contributed by atoms with E-state index < -0.39 is 0 Å². The fourth-order valence-electron chi connectivity index (χ4n) is 2.41. The van der Waals surface area contributed by atoms with Crippen molar-refractivity contribution in [3.63, 3.8) is 0 Å². The monoisotopic (exact) mass is 311 g/mol. The molecule has 1 aromatic carbocycles. The third-order valence-corrected chi connectivity index (χ3v) is 4.16. The molecule has 0 aromatic heterocycles. The van der Waals surface area contributed by atoms with Crippen molar-refractivity contribution in [2.75, 3.05) is 38.5 Å². The van der Waals surface area contributed by atoms with E-state index in [2.05, 4.69) is 44.8 Å². The molecule has 1 heterocycles. The average molecular weight is 312 g/mol. The van der Waals surface area contributed by atoms with Gasteiger partial charge in [-0.3, -0.25) is 4.90 Å². The molecule has 1 aliphatic heterocycles. The summed E-state index contributed by atoms with van der Waals surface area (Å²) in [5.74, 6) is 0. The number of halogens is 1. The van der Waals surface area contributed by atoms with Crippen LogP contribution in [0.15, 0.2) is 22.7 Å². The van der Waals surface area contributed by atoms with Crippen molar-refractivity contribution in [1.29, 1.82) is 0 Å². The smallest absolute Gasteiger partial charge is 0.0458 e. The summed E-state index contributed by atoms with van der Waals surface area (Å²) in [5, 5.41) is 0. The summed E-state index contributed by atoms with van der Waals surface area (Å²) >= 11 is 3.49. The van der Waals surface area contributed by atoms with Gasteiger partial charge < -0.3 is 10.6 Å². The molecule has 0 saturated carbocycles. The standard InChI is InChI=1S/C14H22BrN3/c1-2-5-17-6-8-18(9-7-17)11-12-3-4-14(16)13(15)10-12/h3-4,10H,2,5-9,11,16H2,1H3. The normalized spacial score (nSPS) is 18.1. The van der Waals surface area contributed by atoms with Crippen molar-refractivity contribution >= 4 is 21.6 Å². The number of rotatable bonds is 4. The number of nitrogens with two attached hydrogens (primary N) is 1. The van der Waals surface area contributed by atoms with Gasteiger partial charge in [0.25, 0.3) is 0 Å². The Balaban J connectivity index is 1.85. The Labute approximate surface area is 118 Å². The predicted molar refractivity (Wildman–Crippen MR) is 80.6 cm³/mol. The Bertz CT molecular complexity index is 387. The van der Waals surface area contributed by atoms with E-state index in [1.54, 1.807) is 0 Å². The summed E-state index contributed by atoms with van der Waals surface area (Å²) in [6.07, 6.45) is 1.25. The maximum Gasteiger partial charge on any atom is 0.0458 e. The van der Waals surface area contributed by atoms with Crippen LogP contribution in [0, 0.1) is 0 Å². The molecule has 0 radical (unpaired) electrons. The molecule has 0 amide bonds. The molecule has 100 valence electrons. The third-order valence-electron chi connectivity index (χ3n) is 3.48. The quantitative estimate of drug-likeness (QED) is 0.867. The second kappa shape index (κ2) is 6.55. The van der Waals surface area contributed by atoms with Crippen LogP contribution in [0.4, 0.5) is 5.69 Å². The van der Waals surface area contributed by atoms with Gasteiger partial charge in [-0.2, -0.15) is 0 Å². The number of anilines is 1. The van der Waals surface area contributed by atoms with Gasteiger partial charge in [0.15, 0.2) is 0 Å². The van der Waals surface area contributed by atoms with Gasteiger partial charge >= 0.3 is 0 Å². The van der Waals surface area contributed by atoms with Crippen molar-refractivity contribution in [3.05, 3.63) is 28.2 Å². The van der Waals surface area contributed by atoms with Crippen molar-refractivity contribution in [2.45, 2.75) is 19.9 Å². The summed E-state index contributed by atoms with van der Waals surface area (Å²) in [4.78, 5) is 5.07. The molecule has 0 atom stereocenters. The molecule has 18 heavy (non-hydrogen) atoms. The number of piperazine rings is 1. The maximum atomic E-state index is 5.81. The molecule has 1 aromatic rings. The van der Waals surface area contributed by atoms with Gasteiger partial charge in [0.05, 0.1) is 0 Å². The second-order valence-electron chi connectivity index (χ2n) is 4.97. The van der Waals surface area contributed by atoms with Crippen molar-refractivity contribution in [1.82, 2.24) is 9.80 Å². The van der Waals surface area contributed by atoms with E-state index in [1.807, 2.05) is 6.07 Å². The molecule has 1 aliphatic rings. The molecule has 0 unspecified atom stereocenters. The largest absolute Gasteiger partial charge is 0.398 e. The highest BCUT2D eigenvalue weighted by atomic mass is 79.9. The van der Waals surface area contributed by atoms with Crippen LogP contribution in [0.1, 0.15) is 18.9 Å². The molecule has 0 bridgehead atoms. The van der Waals surface area contributed by atoms with Gasteiger partial charge in [-0.25, -0.2) is 0 Å². The van der Waals surface area contributed by atoms with Crippen LogP contribution in [0.2, 0.25) is 0 Å². The second-order valence-corrected chi connectivity index (χ2v) is 5.83. The molecule has 3 nitrogen and oxygen atoms in total. The Morgan fingerprint density at radius 2 is 1.83 bits per heavy atom. The molecule has 2 N–H and O–H groups in total. The lowest BCUT2D eigenvalue weighted by atomic mass is 10.2. The van der Waals surface area contributed by atoms with Gasteiger partial charge in [-0.05, 0) is 46.6 Å². The summed E-state index contributed by atoms with van der Waals surface area (Å²) in [5.41, 5.74) is 7.95. The first-order valence-electron chi connectivity index (χ1n) is 6.67. The van der Waals surface area contributed by atoms with Gasteiger partial charge in [0.1, 0.15) is 0 Å². The van der Waals surface area contributed by atoms with Crippen LogP contribution in [0.5, 0.6) is 0 Å². The summed E-state index contributed by atoms with van der Waals surface area (Å²) in [6, 6.07) is 6.24. The van der Waals surface area contributed by atoms with Crippen LogP contribution in [0.3, 0.4) is 0 Å². The van der Waals surface area contributed by atoms with Crippen LogP contribution in [-0.2, 0) is 6.54 Å². The zero-order valence-corrected chi connectivity index (χ0v) is 12.6. The topological polar surface area (TPSA) is 32.5 Å². The van der Waals surface area contributed by atoms with E-state index in [9.17, 15) is 0 Å². The SMILES string of the molecule is CCCN1CCN(Cc2ccc(N)c(Br)c2)CC1. The minimum Gasteiger partial charge on any atom is -0.398 e. The molecular weight excluding hydrogens is 290 g/mol. The number of nitrogen functional groups attached to an aromatic ring is 1. The van der Waals surface area contributed by atoms with Gasteiger partial charge in [0.2, 0.25) is 0 Å². The fourth-order valence-corrected chi connectivity index (χ4v) is 2.84. The molecule has 2 rings (SSSR count). The van der Waals surface area contributed by atoms with Crippen molar-refractivity contribution in [3.8, 4) is 0 Å². The highest BCUT2D eigenvalue weighted by Gasteiger charge is 2.16. The lowest BCUT2D eigenvalue weighted by molar-refractivity contribution is 0.127. The number of hydrogen-bond acceptors (Lipinski definition) is 3. The first-order chi connectivity index (χ1) is 8.69. The van der Waals surface area contributed by atoms with E-state index >= 15 is 0 Å². The highest BCUT2D eigenvalue weighted by molar-refractivity contribution is 9.10. The van der Waals surface area contributed by atoms with Crippen LogP contribution in [-0.4, -0.2) is 42.5 Å². The number of hydrogen-bond donors (Lipinski definition) is 1. The van der Waals surface area contributed by atoms with E-state index in [1.165, 1.54) is 44.7 Å². The van der Waals surface area contributed by atoms with Crippen LogP contribution in [0.25, 0.3) is 0 Å². The molecule has 0 spiro atoms. The molecule has 1 saturated heterocycles. The molecule has 1 fully saturated rings. The first-order valence-corrected chi connectivity index (χ1v) is 7.47. The van der Waals surface area contributed by atoms with Crippen molar-refractivity contribution < 1.29 is 0 Å². The summed E-state index contributed by atoms with van der Waals surface area (Å²) in [6.45, 7) is 9.25. The molecular formula is C14H22BrN3. The Kier molecular flexibility index (Phi) is 5.03. The number of benzene rings is 1. The maximum absolute atomic E-state index is 5.81. The van der Waals surface area contributed by atoms with E-state index in [0.29, 0.717) is 0 Å². The minimum atomic E-state index is 0.812. The fraction of sp³-hybridized carbons (Fsp3) is 0.571. The third kappa shape index (κ3) is 3.70. The Hall–Kier alpha value is -0.580. The van der Waals surface area contributed by atoms with Crippen LogP contribution >= 0.6 is 15.9 Å².